The van der Waals surface area contributed by atoms with E-state index in [1.807, 2.05) is 0 Å². The molecule has 0 aliphatic carbocycles. The van der Waals surface area contributed by atoms with E-state index >= 15 is 0 Å². The highest BCUT2D eigenvalue weighted by atomic mass is 19.4. The van der Waals surface area contributed by atoms with Crippen molar-refractivity contribution >= 4 is 0 Å². The zero-order valence-corrected chi connectivity index (χ0v) is 9.84. The Hall–Kier alpha value is -1.14. The number of nitrogens with one attached hydrogen (secondary N) is 1. The summed E-state index contributed by atoms with van der Waals surface area (Å²) in [6.45, 7) is 1.07. The van der Waals surface area contributed by atoms with E-state index in [0.717, 1.165) is 0 Å². The molecule has 0 bridgehead atoms. The van der Waals surface area contributed by atoms with Gasteiger partial charge in [0.25, 0.3) is 0 Å². The minimum Gasteiger partial charge on any atom is -0.382 e. The first-order valence-electron chi connectivity index (χ1n) is 5.58. The fraction of sp³-hybridized carbons (Fsp3) is 0.500. The van der Waals surface area contributed by atoms with Gasteiger partial charge >= 0.3 is 6.18 Å². The Morgan fingerprint density at radius 1 is 1.28 bits per heavy atom. The number of hydrogen-bond acceptors (Lipinski definition) is 2. The summed E-state index contributed by atoms with van der Waals surface area (Å²) >= 11 is 0. The Labute approximate surface area is 103 Å². The van der Waals surface area contributed by atoms with E-state index in [4.69, 9.17) is 5.11 Å². The minimum atomic E-state index is -4.67. The molecule has 0 heterocycles. The van der Waals surface area contributed by atoms with Crippen LogP contribution in [-0.4, -0.2) is 23.9 Å². The number of aliphatic hydroxyl groups excluding tert-OH is 1. The van der Waals surface area contributed by atoms with Gasteiger partial charge in [0.15, 0.2) is 6.10 Å². The van der Waals surface area contributed by atoms with Crippen molar-refractivity contribution in [1.82, 2.24) is 5.32 Å². The minimum absolute atomic E-state index is 0.300. The van der Waals surface area contributed by atoms with Crippen LogP contribution in [0.4, 0.5) is 17.6 Å². The number of aliphatic hydroxyl groups is 1. The third kappa shape index (κ3) is 3.96. The molecule has 1 aromatic rings. The maximum atomic E-state index is 13.5. The molecule has 0 aliphatic heterocycles. The first-order valence-corrected chi connectivity index (χ1v) is 5.58. The first-order chi connectivity index (χ1) is 8.36. The second-order valence-corrected chi connectivity index (χ2v) is 3.95. The summed E-state index contributed by atoms with van der Waals surface area (Å²) < 4.78 is 49.8. The van der Waals surface area contributed by atoms with E-state index in [9.17, 15) is 17.6 Å². The highest BCUT2D eigenvalue weighted by Crippen LogP contribution is 2.22. The summed E-state index contributed by atoms with van der Waals surface area (Å²) in [5.41, 5.74) is 0.300. The first kappa shape index (κ1) is 14.9. The van der Waals surface area contributed by atoms with E-state index in [-0.39, 0.29) is 0 Å². The Balaban J connectivity index is 2.67. The van der Waals surface area contributed by atoms with E-state index < -0.39 is 30.7 Å². The maximum absolute atomic E-state index is 13.5. The monoisotopic (exact) mass is 265 g/mol. The van der Waals surface area contributed by atoms with Crippen molar-refractivity contribution in [3.05, 3.63) is 35.6 Å². The molecule has 2 unspecified atom stereocenters. The molecular weight excluding hydrogens is 250 g/mol. The maximum Gasteiger partial charge on any atom is 0.415 e. The molecule has 2 N–H and O–H groups in total. The van der Waals surface area contributed by atoms with Gasteiger partial charge in [-0.3, -0.25) is 0 Å². The van der Waals surface area contributed by atoms with Gasteiger partial charge in [-0.1, -0.05) is 25.1 Å². The van der Waals surface area contributed by atoms with Crippen LogP contribution in [0.15, 0.2) is 24.3 Å². The summed E-state index contributed by atoms with van der Waals surface area (Å²) in [6, 6.07) is 5.33. The molecule has 0 amide bonds. The van der Waals surface area contributed by atoms with Gasteiger partial charge in [0.1, 0.15) is 5.82 Å². The van der Waals surface area contributed by atoms with Crippen LogP contribution < -0.4 is 5.32 Å². The van der Waals surface area contributed by atoms with Crippen LogP contribution in [0, 0.1) is 5.82 Å². The Morgan fingerprint density at radius 2 is 1.89 bits per heavy atom. The summed E-state index contributed by atoms with van der Waals surface area (Å²) in [6.07, 6.45) is -6.69. The van der Waals surface area contributed by atoms with Gasteiger partial charge in [-0.2, -0.15) is 13.2 Å². The molecule has 0 aromatic heterocycles. The smallest absolute Gasteiger partial charge is 0.382 e. The van der Waals surface area contributed by atoms with Crippen molar-refractivity contribution in [2.45, 2.75) is 31.7 Å². The molecule has 18 heavy (non-hydrogen) atoms. The zero-order valence-electron chi connectivity index (χ0n) is 9.84. The topological polar surface area (TPSA) is 32.3 Å². The summed E-state index contributed by atoms with van der Waals surface area (Å²) in [4.78, 5) is 0. The molecule has 1 aromatic carbocycles. The van der Waals surface area contributed by atoms with Crippen LogP contribution >= 0.6 is 0 Å². The predicted molar refractivity (Wildman–Crippen MR) is 59.5 cm³/mol. The molecular formula is C12H15F4NO. The lowest BCUT2D eigenvalue weighted by Gasteiger charge is -2.21. The molecule has 0 aliphatic rings. The molecule has 0 fully saturated rings. The van der Waals surface area contributed by atoms with Crippen LogP contribution in [0.1, 0.15) is 24.9 Å². The number of benzene rings is 1. The number of hydrogen-bond donors (Lipinski definition) is 2. The third-order valence-electron chi connectivity index (χ3n) is 2.62. The van der Waals surface area contributed by atoms with Gasteiger partial charge in [0.05, 0.1) is 0 Å². The van der Waals surface area contributed by atoms with Crippen molar-refractivity contribution in [2.24, 2.45) is 0 Å². The van der Waals surface area contributed by atoms with Crippen molar-refractivity contribution in [1.29, 1.82) is 0 Å². The van der Waals surface area contributed by atoms with Crippen molar-refractivity contribution < 1.29 is 22.7 Å². The quantitative estimate of drug-likeness (QED) is 0.802. The highest BCUT2D eigenvalue weighted by Gasteiger charge is 2.38. The van der Waals surface area contributed by atoms with Crippen LogP contribution in [0.5, 0.6) is 0 Å². The predicted octanol–water partition coefficient (Wildman–Crippen LogP) is 2.79. The molecule has 0 saturated heterocycles. The standard InChI is InChI=1S/C12H15F4NO/c1-2-10(8-5-3-4-6-9(8)13)17-7-11(18)12(14,15)16/h3-6,10-11,17-18H,2,7H2,1H3. The van der Waals surface area contributed by atoms with Crippen molar-refractivity contribution in [2.75, 3.05) is 6.54 Å². The number of halogens is 4. The molecule has 0 saturated carbocycles. The van der Waals surface area contributed by atoms with Crippen LogP contribution in [0.25, 0.3) is 0 Å². The summed E-state index contributed by atoms with van der Waals surface area (Å²) in [5.74, 6) is -0.474. The van der Waals surface area contributed by atoms with Crippen molar-refractivity contribution in [3.8, 4) is 0 Å². The van der Waals surface area contributed by atoms with E-state index in [1.54, 1.807) is 13.0 Å². The van der Waals surface area contributed by atoms with E-state index in [2.05, 4.69) is 5.32 Å². The van der Waals surface area contributed by atoms with Gasteiger partial charge in [-0.25, -0.2) is 4.39 Å². The SMILES string of the molecule is CCC(NCC(O)C(F)(F)F)c1ccccc1F. The van der Waals surface area contributed by atoms with Crippen LogP contribution in [-0.2, 0) is 0 Å². The zero-order chi connectivity index (χ0) is 13.8. The molecule has 0 spiro atoms. The molecule has 2 atom stereocenters. The van der Waals surface area contributed by atoms with Gasteiger partial charge in [-0.05, 0) is 12.5 Å². The highest BCUT2D eigenvalue weighted by molar-refractivity contribution is 5.21. The van der Waals surface area contributed by atoms with Crippen LogP contribution in [0.3, 0.4) is 0 Å². The average Bonchev–Trinajstić information content (AvgIpc) is 2.30. The van der Waals surface area contributed by atoms with E-state index in [0.29, 0.717) is 12.0 Å². The molecule has 1 rings (SSSR count). The average molecular weight is 265 g/mol. The molecule has 0 radical (unpaired) electrons. The van der Waals surface area contributed by atoms with Gasteiger partial charge < -0.3 is 10.4 Å². The second kappa shape index (κ2) is 6.15. The Morgan fingerprint density at radius 3 is 2.39 bits per heavy atom. The van der Waals surface area contributed by atoms with Gasteiger partial charge in [0.2, 0.25) is 0 Å². The summed E-state index contributed by atoms with van der Waals surface area (Å²) in [5, 5.41) is 11.4. The molecule has 6 heteroatoms. The largest absolute Gasteiger partial charge is 0.415 e. The lowest BCUT2D eigenvalue weighted by molar-refractivity contribution is -0.202. The normalized spacial score (nSPS) is 15.4. The summed E-state index contributed by atoms with van der Waals surface area (Å²) in [7, 11) is 0. The fourth-order valence-electron chi connectivity index (χ4n) is 1.60. The van der Waals surface area contributed by atoms with Gasteiger partial charge in [-0.15, -0.1) is 0 Å². The fourth-order valence-corrected chi connectivity index (χ4v) is 1.60. The molecule has 102 valence electrons. The second-order valence-electron chi connectivity index (χ2n) is 3.95. The van der Waals surface area contributed by atoms with Crippen LogP contribution in [0.2, 0.25) is 0 Å². The molecule has 2 nitrogen and oxygen atoms in total. The van der Waals surface area contributed by atoms with Crippen molar-refractivity contribution in [3.63, 3.8) is 0 Å². The number of rotatable bonds is 5. The van der Waals surface area contributed by atoms with E-state index in [1.165, 1.54) is 18.2 Å². The number of alkyl halides is 3. The lowest BCUT2D eigenvalue weighted by Crippen LogP contribution is -2.39. The van der Waals surface area contributed by atoms with Gasteiger partial charge in [0, 0.05) is 18.2 Å². The third-order valence-corrected chi connectivity index (χ3v) is 2.62. The Kier molecular flexibility index (Phi) is 5.10. The lowest BCUT2D eigenvalue weighted by atomic mass is 10.0. The Bertz CT molecular complexity index is 381.